The highest BCUT2D eigenvalue weighted by molar-refractivity contribution is 6.04. The summed E-state index contributed by atoms with van der Waals surface area (Å²) in [4.78, 5) is 31.0. The zero-order valence-electron chi connectivity index (χ0n) is 17.1. The van der Waals surface area contributed by atoms with Crippen molar-refractivity contribution in [2.24, 2.45) is 0 Å². The number of carbonyl (C=O) groups is 3. The molecule has 1 heterocycles. The molecule has 0 aromatic rings. The Bertz CT molecular complexity index is 463. The van der Waals surface area contributed by atoms with Crippen molar-refractivity contribution in [3.63, 3.8) is 0 Å². The van der Waals surface area contributed by atoms with Crippen LogP contribution in [0.5, 0.6) is 0 Å². The van der Waals surface area contributed by atoms with Crippen LogP contribution in [-0.2, 0) is 23.9 Å². The Labute approximate surface area is 164 Å². The van der Waals surface area contributed by atoms with E-state index >= 15 is 0 Å². The molecule has 0 radical (unpaired) electrons. The molecule has 0 spiro atoms. The first-order valence-corrected chi connectivity index (χ1v) is 10.2. The molecule has 0 aliphatic carbocycles. The lowest BCUT2D eigenvalue weighted by Crippen LogP contribution is -2.05. The van der Waals surface area contributed by atoms with E-state index in [4.69, 9.17) is 4.74 Å². The molecule has 0 amide bonds. The molecule has 0 unspecified atom stereocenters. The SMILES string of the molecule is C=C(C)C(=O)OCCCCCCCCCCCCCC.O=C1C=CC(=O)O1. The number of hydrogen-bond donors (Lipinski definition) is 0. The van der Waals surface area contributed by atoms with Gasteiger partial charge in [-0.2, -0.15) is 0 Å². The minimum atomic E-state index is -0.579. The molecule has 0 fully saturated rings. The number of carbonyl (C=O) groups excluding carboxylic acids is 3. The maximum Gasteiger partial charge on any atom is 0.338 e. The van der Waals surface area contributed by atoms with Crippen LogP contribution in [0.15, 0.2) is 24.3 Å². The van der Waals surface area contributed by atoms with Crippen LogP contribution in [0.2, 0.25) is 0 Å². The monoisotopic (exact) mass is 380 g/mol. The van der Waals surface area contributed by atoms with Gasteiger partial charge in [-0.05, 0) is 13.3 Å². The number of esters is 3. The minimum Gasteiger partial charge on any atom is -0.462 e. The lowest BCUT2D eigenvalue weighted by atomic mass is 10.1. The third kappa shape index (κ3) is 17.3. The van der Waals surface area contributed by atoms with Gasteiger partial charge in [0.15, 0.2) is 0 Å². The van der Waals surface area contributed by atoms with Crippen molar-refractivity contribution < 1.29 is 23.9 Å². The molecule has 1 aliphatic heterocycles. The first kappa shape index (κ1) is 25.1. The number of unbranched alkanes of at least 4 members (excludes halogenated alkanes) is 11. The van der Waals surface area contributed by atoms with E-state index < -0.39 is 11.9 Å². The van der Waals surface area contributed by atoms with Crippen LogP contribution >= 0.6 is 0 Å². The average molecular weight is 381 g/mol. The first-order valence-electron chi connectivity index (χ1n) is 10.2. The summed E-state index contributed by atoms with van der Waals surface area (Å²) in [5, 5.41) is 0. The zero-order chi connectivity index (χ0) is 20.3. The Balaban J connectivity index is 0.000000797. The summed E-state index contributed by atoms with van der Waals surface area (Å²) in [6, 6.07) is 0. The largest absolute Gasteiger partial charge is 0.462 e. The Hall–Kier alpha value is -1.91. The van der Waals surface area contributed by atoms with E-state index in [0.29, 0.717) is 12.2 Å². The van der Waals surface area contributed by atoms with Crippen molar-refractivity contribution in [1.29, 1.82) is 0 Å². The van der Waals surface area contributed by atoms with Gasteiger partial charge in [0.05, 0.1) is 6.61 Å². The second-order valence-electron chi connectivity index (χ2n) is 6.88. The summed E-state index contributed by atoms with van der Waals surface area (Å²) in [6.07, 6.45) is 18.0. The minimum absolute atomic E-state index is 0.256. The van der Waals surface area contributed by atoms with Crippen LogP contribution in [0.4, 0.5) is 0 Å². The standard InChI is InChI=1S/C18H34O2.C4H2O3/c1-4-5-6-7-8-9-10-11-12-13-14-15-16-20-18(19)17(2)3;5-3-1-2-4(6)7-3/h2,4-16H2,1,3H3;1-2H. The van der Waals surface area contributed by atoms with E-state index in [1.807, 2.05) is 0 Å². The topological polar surface area (TPSA) is 69.7 Å². The summed E-state index contributed by atoms with van der Waals surface area (Å²) in [7, 11) is 0. The molecule has 0 N–H and O–H groups in total. The molecule has 154 valence electrons. The van der Waals surface area contributed by atoms with E-state index in [2.05, 4.69) is 18.2 Å². The lowest BCUT2D eigenvalue weighted by molar-refractivity contribution is -0.150. The molecule has 0 atom stereocenters. The quantitative estimate of drug-likeness (QED) is 0.174. The van der Waals surface area contributed by atoms with Crippen molar-refractivity contribution in [2.45, 2.75) is 90.9 Å². The van der Waals surface area contributed by atoms with Crippen LogP contribution in [0.1, 0.15) is 90.9 Å². The van der Waals surface area contributed by atoms with Crippen molar-refractivity contribution >= 4 is 17.9 Å². The fourth-order valence-electron chi connectivity index (χ4n) is 2.53. The van der Waals surface area contributed by atoms with Gasteiger partial charge in [0, 0.05) is 17.7 Å². The van der Waals surface area contributed by atoms with Gasteiger partial charge in [0.2, 0.25) is 0 Å². The maximum atomic E-state index is 11.1. The molecule has 0 bridgehead atoms. The highest BCUT2D eigenvalue weighted by atomic mass is 16.6. The first-order chi connectivity index (χ1) is 13.0. The van der Waals surface area contributed by atoms with E-state index in [-0.39, 0.29) is 5.97 Å². The summed E-state index contributed by atoms with van der Waals surface area (Å²) < 4.78 is 9.03. The fourth-order valence-corrected chi connectivity index (χ4v) is 2.53. The van der Waals surface area contributed by atoms with E-state index in [1.165, 1.54) is 70.6 Å². The van der Waals surface area contributed by atoms with Gasteiger partial charge in [-0.1, -0.05) is 84.1 Å². The van der Waals surface area contributed by atoms with Gasteiger partial charge in [0.1, 0.15) is 0 Å². The van der Waals surface area contributed by atoms with E-state index in [1.54, 1.807) is 6.92 Å². The summed E-state index contributed by atoms with van der Waals surface area (Å²) in [5.41, 5.74) is 0.490. The molecule has 27 heavy (non-hydrogen) atoms. The van der Waals surface area contributed by atoms with Crippen LogP contribution < -0.4 is 0 Å². The molecule has 0 aromatic heterocycles. The maximum absolute atomic E-state index is 11.1. The van der Waals surface area contributed by atoms with Gasteiger partial charge in [-0.25, -0.2) is 14.4 Å². The zero-order valence-corrected chi connectivity index (χ0v) is 17.1. The van der Waals surface area contributed by atoms with Crippen LogP contribution in [0.25, 0.3) is 0 Å². The number of rotatable bonds is 14. The van der Waals surface area contributed by atoms with Crippen LogP contribution in [-0.4, -0.2) is 24.5 Å². The van der Waals surface area contributed by atoms with Gasteiger partial charge < -0.3 is 9.47 Å². The molecule has 5 nitrogen and oxygen atoms in total. The Morgan fingerprint density at radius 2 is 1.26 bits per heavy atom. The van der Waals surface area contributed by atoms with Crippen molar-refractivity contribution in [3.05, 3.63) is 24.3 Å². The smallest absolute Gasteiger partial charge is 0.338 e. The molecule has 0 aromatic carbocycles. The van der Waals surface area contributed by atoms with Crippen molar-refractivity contribution in [1.82, 2.24) is 0 Å². The van der Waals surface area contributed by atoms with Gasteiger partial charge in [-0.15, -0.1) is 0 Å². The Morgan fingerprint density at radius 1 is 0.852 bits per heavy atom. The summed E-state index contributed by atoms with van der Waals surface area (Å²) in [6.45, 7) is 8.05. The predicted octanol–water partition coefficient (Wildman–Crippen LogP) is 5.43. The normalized spacial score (nSPS) is 12.4. The Kier molecular flexibility index (Phi) is 16.3. The highest BCUT2D eigenvalue weighted by Crippen LogP contribution is 2.12. The van der Waals surface area contributed by atoms with Crippen molar-refractivity contribution in [3.8, 4) is 0 Å². The average Bonchev–Trinajstić information content (AvgIpc) is 3.02. The lowest BCUT2D eigenvalue weighted by Gasteiger charge is -2.04. The number of cyclic esters (lactones) is 2. The van der Waals surface area contributed by atoms with Crippen LogP contribution in [0.3, 0.4) is 0 Å². The fraction of sp³-hybridized carbons (Fsp3) is 0.682. The Morgan fingerprint density at radius 3 is 1.59 bits per heavy atom. The second kappa shape index (κ2) is 17.5. The molecule has 1 rings (SSSR count). The molecular formula is C22H36O5. The molecule has 0 saturated carbocycles. The van der Waals surface area contributed by atoms with Crippen LogP contribution in [0, 0.1) is 0 Å². The second-order valence-corrected chi connectivity index (χ2v) is 6.88. The van der Waals surface area contributed by atoms with E-state index in [9.17, 15) is 14.4 Å². The summed E-state index contributed by atoms with van der Waals surface area (Å²) >= 11 is 0. The molecule has 5 heteroatoms. The highest BCUT2D eigenvalue weighted by Gasteiger charge is 2.10. The molecular weight excluding hydrogens is 344 g/mol. The van der Waals surface area contributed by atoms with Gasteiger partial charge >= 0.3 is 17.9 Å². The van der Waals surface area contributed by atoms with Gasteiger partial charge in [-0.3, -0.25) is 0 Å². The third-order valence-electron chi connectivity index (χ3n) is 4.14. The van der Waals surface area contributed by atoms with Gasteiger partial charge in [0.25, 0.3) is 0 Å². The number of ether oxygens (including phenoxy) is 2. The molecule has 1 aliphatic rings. The van der Waals surface area contributed by atoms with Crippen molar-refractivity contribution in [2.75, 3.05) is 6.61 Å². The third-order valence-corrected chi connectivity index (χ3v) is 4.14. The predicted molar refractivity (Wildman–Crippen MR) is 107 cm³/mol. The number of hydrogen-bond acceptors (Lipinski definition) is 5. The summed E-state index contributed by atoms with van der Waals surface area (Å²) in [5.74, 6) is -1.41. The molecule has 0 saturated heterocycles. The van der Waals surface area contributed by atoms with E-state index in [0.717, 1.165) is 18.6 Å².